The molecule has 0 spiro atoms. The van der Waals surface area contributed by atoms with Crippen LogP contribution in [0.4, 0.5) is 4.39 Å². The largest absolute Gasteiger partial charge is 0.457 e. The lowest BCUT2D eigenvalue weighted by Gasteiger charge is -2.34. The number of ether oxygens (including phenoxy) is 1. The van der Waals surface area contributed by atoms with E-state index >= 15 is 0 Å². The molecule has 204 valence electrons. The van der Waals surface area contributed by atoms with Crippen molar-refractivity contribution in [2.75, 3.05) is 38.6 Å². The minimum Gasteiger partial charge on any atom is -0.457 e. The number of fused-ring (bicyclic) bond motifs is 1. The Morgan fingerprint density at radius 1 is 0.897 bits per heavy atom. The lowest BCUT2D eigenvalue weighted by molar-refractivity contribution is 0.0638. The maximum atomic E-state index is 13.1. The van der Waals surface area contributed by atoms with Gasteiger partial charge < -0.3 is 14.2 Å². The Labute approximate surface area is 234 Å². The molecular formula is C32H35ClFN3O2. The lowest BCUT2D eigenvalue weighted by Crippen LogP contribution is -2.49. The van der Waals surface area contributed by atoms with E-state index < -0.39 is 0 Å². The Balaban J connectivity index is 1.16. The number of nitrogens with zero attached hydrogens (tertiary/aromatic N) is 3. The third-order valence-electron chi connectivity index (χ3n) is 7.75. The second-order valence-electron chi connectivity index (χ2n) is 10.2. The van der Waals surface area contributed by atoms with E-state index in [4.69, 9.17) is 16.3 Å². The first-order valence-corrected chi connectivity index (χ1v) is 14.2. The highest BCUT2D eigenvalue weighted by Crippen LogP contribution is 2.31. The normalized spacial score (nSPS) is 14.2. The van der Waals surface area contributed by atoms with Gasteiger partial charge in [0, 0.05) is 67.3 Å². The topological polar surface area (TPSA) is 37.7 Å². The van der Waals surface area contributed by atoms with Gasteiger partial charge in [0.25, 0.3) is 5.91 Å². The molecule has 1 aliphatic rings. The van der Waals surface area contributed by atoms with Gasteiger partial charge >= 0.3 is 0 Å². The van der Waals surface area contributed by atoms with Crippen LogP contribution in [0, 0.1) is 19.7 Å². The van der Waals surface area contributed by atoms with Crippen molar-refractivity contribution in [3.63, 3.8) is 0 Å². The molecular weight excluding hydrogens is 513 g/mol. The number of aromatic nitrogens is 1. The lowest BCUT2D eigenvalue weighted by atomic mass is 10.1. The monoisotopic (exact) mass is 547 g/mol. The van der Waals surface area contributed by atoms with Crippen LogP contribution in [0.5, 0.6) is 11.5 Å². The fourth-order valence-corrected chi connectivity index (χ4v) is 5.42. The van der Waals surface area contributed by atoms with Crippen molar-refractivity contribution >= 4 is 28.4 Å². The zero-order chi connectivity index (χ0) is 27.4. The van der Waals surface area contributed by atoms with E-state index in [0.717, 1.165) is 50.3 Å². The number of benzene rings is 3. The summed E-state index contributed by atoms with van der Waals surface area (Å²) >= 11 is 5.92. The molecule has 0 unspecified atom stereocenters. The second-order valence-corrected chi connectivity index (χ2v) is 10.6. The zero-order valence-electron chi connectivity index (χ0n) is 22.6. The average molecular weight is 548 g/mol. The summed E-state index contributed by atoms with van der Waals surface area (Å²) in [4.78, 5) is 17.4. The summed E-state index contributed by atoms with van der Waals surface area (Å²) in [6, 6.07) is 20.3. The third-order valence-corrected chi connectivity index (χ3v) is 8.02. The molecule has 1 saturated heterocycles. The summed E-state index contributed by atoms with van der Waals surface area (Å²) in [5, 5.41) is 1.18. The van der Waals surface area contributed by atoms with Crippen LogP contribution in [-0.2, 0) is 13.0 Å². The van der Waals surface area contributed by atoms with Crippen LogP contribution in [0.2, 0.25) is 0 Å². The number of aryl methyl sites for hydroxylation is 2. The van der Waals surface area contributed by atoms with Crippen LogP contribution in [0.3, 0.4) is 0 Å². The van der Waals surface area contributed by atoms with Crippen LogP contribution in [0.25, 0.3) is 10.9 Å². The van der Waals surface area contributed by atoms with E-state index in [9.17, 15) is 9.18 Å². The number of amides is 1. The van der Waals surface area contributed by atoms with Crippen LogP contribution < -0.4 is 4.74 Å². The van der Waals surface area contributed by atoms with Gasteiger partial charge in [-0.2, -0.15) is 0 Å². The zero-order valence-corrected chi connectivity index (χ0v) is 23.4. The Morgan fingerprint density at radius 2 is 1.59 bits per heavy atom. The Kier molecular flexibility index (Phi) is 8.53. The van der Waals surface area contributed by atoms with Gasteiger partial charge in [0.15, 0.2) is 0 Å². The molecule has 7 heteroatoms. The first kappa shape index (κ1) is 27.2. The van der Waals surface area contributed by atoms with Crippen molar-refractivity contribution in [1.82, 2.24) is 14.4 Å². The van der Waals surface area contributed by atoms with Gasteiger partial charge in [0.2, 0.25) is 0 Å². The Morgan fingerprint density at radius 3 is 2.28 bits per heavy atom. The van der Waals surface area contributed by atoms with E-state index in [1.165, 1.54) is 34.3 Å². The molecule has 0 aliphatic carbocycles. The molecule has 0 radical (unpaired) electrons. The molecule has 5 rings (SSSR count). The highest BCUT2D eigenvalue weighted by atomic mass is 35.5. The van der Waals surface area contributed by atoms with Gasteiger partial charge in [-0.3, -0.25) is 9.69 Å². The molecule has 4 aromatic rings. The summed E-state index contributed by atoms with van der Waals surface area (Å²) in [5.74, 6) is 1.96. The average Bonchev–Trinajstić information content (AvgIpc) is 3.20. The van der Waals surface area contributed by atoms with Crippen molar-refractivity contribution < 1.29 is 13.9 Å². The summed E-state index contributed by atoms with van der Waals surface area (Å²) in [7, 11) is 0. The van der Waals surface area contributed by atoms with E-state index in [1.54, 1.807) is 0 Å². The molecule has 1 fully saturated rings. The number of piperazine rings is 1. The summed E-state index contributed by atoms with van der Waals surface area (Å²) in [6.07, 6.45) is 1.81. The van der Waals surface area contributed by atoms with Crippen molar-refractivity contribution in [3.05, 3.63) is 94.9 Å². The van der Waals surface area contributed by atoms with Crippen molar-refractivity contribution in [3.8, 4) is 11.5 Å². The molecule has 1 aromatic heterocycles. The van der Waals surface area contributed by atoms with E-state index in [2.05, 4.69) is 35.4 Å². The summed E-state index contributed by atoms with van der Waals surface area (Å²) < 4.78 is 21.6. The first-order valence-electron chi connectivity index (χ1n) is 13.6. The molecule has 5 nitrogen and oxygen atoms in total. The van der Waals surface area contributed by atoms with Crippen molar-refractivity contribution in [1.29, 1.82) is 0 Å². The van der Waals surface area contributed by atoms with E-state index in [-0.39, 0.29) is 11.7 Å². The molecule has 2 heterocycles. The Bertz CT molecular complexity index is 1420. The molecule has 0 bridgehead atoms. The molecule has 39 heavy (non-hydrogen) atoms. The standard InChI is InChI=1S/C32H35ClFN3O2/c1-23-24(2)37(16-3-15-33)31-13-12-29(22-30(23)31)39-28-10-6-26(7-11-28)32(38)36-20-18-35(19-21-36)17-14-25-4-8-27(34)9-5-25/h4-13,22H,3,14-21H2,1-2H3. The number of hydrogen-bond donors (Lipinski definition) is 0. The number of alkyl halides is 1. The molecule has 0 atom stereocenters. The third kappa shape index (κ3) is 6.29. The van der Waals surface area contributed by atoms with Gasteiger partial charge in [-0.05, 0) is 92.4 Å². The van der Waals surface area contributed by atoms with Crippen LogP contribution >= 0.6 is 11.6 Å². The summed E-state index contributed by atoms with van der Waals surface area (Å²) in [5.41, 5.74) is 5.49. The van der Waals surface area contributed by atoms with Crippen molar-refractivity contribution in [2.45, 2.75) is 33.2 Å². The fourth-order valence-electron chi connectivity index (χ4n) is 5.30. The van der Waals surface area contributed by atoms with Gasteiger partial charge in [-0.1, -0.05) is 12.1 Å². The summed E-state index contributed by atoms with van der Waals surface area (Å²) in [6.45, 7) is 9.17. The molecule has 1 aliphatic heterocycles. The van der Waals surface area contributed by atoms with Crippen LogP contribution in [0.1, 0.15) is 33.6 Å². The highest BCUT2D eigenvalue weighted by Gasteiger charge is 2.22. The molecule has 1 amide bonds. The van der Waals surface area contributed by atoms with Gasteiger partial charge in [0.05, 0.1) is 0 Å². The number of carbonyl (C=O) groups excluding carboxylic acids is 1. The van der Waals surface area contributed by atoms with Gasteiger partial charge in [-0.15, -0.1) is 11.6 Å². The minimum atomic E-state index is -0.207. The fraction of sp³-hybridized carbons (Fsp3) is 0.344. The minimum absolute atomic E-state index is 0.0468. The molecule has 0 saturated carbocycles. The quantitative estimate of drug-likeness (QED) is 0.216. The highest BCUT2D eigenvalue weighted by molar-refractivity contribution is 6.17. The maximum Gasteiger partial charge on any atom is 0.253 e. The van der Waals surface area contributed by atoms with E-state index in [0.29, 0.717) is 30.3 Å². The Hall–Kier alpha value is -3.35. The van der Waals surface area contributed by atoms with Gasteiger partial charge in [-0.25, -0.2) is 4.39 Å². The number of carbonyl (C=O) groups is 1. The number of halogens is 2. The number of hydrogen-bond acceptors (Lipinski definition) is 3. The maximum absolute atomic E-state index is 13.1. The predicted octanol–water partition coefficient (Wildman–Crippen LogP) is 6.82. The molecule has 0 N–H and O–H groups in total. The smallest absolute Gasteiger partial charge is 0.253 e. The van der Waals surface area contributed by atoms with Crippen LogP contribution in [0.15, 0.2) is 66.7 Å². The number of rotatable bonds is 9. The SMILES string of the molecule is Cc1c(C)n(CCCCl)c2ccc(Oc3ccc(C(=O)N4CCN(CCc5ccc(F)cc5)CC4)cc3)cc12. The molecule has 3 aromatic carbocycles. The van der Waals surface area contributed by atoms with Crippen LogP contribution in [-0.4, -0.2) is 58.9 Å². The van der Waals surface area contributed by atoms with E-state index in [1.807, 2.05) is 47.4 Å². The van der Waals surface area contributed by atoms with Gasteiger partial charge in [0.1, 0.15) is 17.3 Å². The van der Waals surface area contributed by atoms with Crippen molar-refractivity contribution in [2.24, 2.45) is 0 Å². The predicted molar refractivity (Wildman–Crippen MR) is 156 cm³/mol. The first-order chi connectivity index (χ1) is 18.9. The second kappa shape index (κ2) is 12.2.